The molecule has 4 rings (SSSR count). The van der Waals surface area contributed by atoms with Crippen LogP contribution in [0.4, 0.5) is 9.18 Å². The molecule has 2 aliphatic heterocycles. The molecule has 0 aliphatic carbocycles. The van der Waals surface area contributed by atoms with Crippen LogP contribution >= 0.6 is 11.6 Å². The fourth-order valence-corrected chi connectivity index (χ4v) is 4.51. The Morgan fingerprint density at radius 2 is 2.13 bits per heavy atom. The zero-order valence-corrected chi connectivity index (χ0v) is 18.5. The molecule has 31 heavy (non-hydrogen) atoms. The number of aromatic nitrogens is 3. The summed E-state index contributed by atoms with van der Waals surface area (Å²) >= 11 is 5.90. The average molecular weight is 454 g/mol. The van der Waals surface area contributed by atoms with Crippen molar-refractivity contribution in [1.29, 1.82) is 0 Å². The van der Waals surface area contributed by atoms with Gasteiger partial charge in [0.15, 0.2) is 11.0 Å². The molecule has 2 N–H and O–H groups in total. The smallest absolute Gasteiger partial charge is 0.410 e. The van der Waals surface area contributed by atoms with E-state index in [2.05, 4.69) is 20.3 Å². The van der Waals surface area contributed by atoms with E-state index in [-0.39, 0.29) is 41.0 Å². The summed E-state index contributed by atoms with van der Waals surface area (Å²) in [4.78, 5) is 37.1. The second-order valence-corrected chi connectivity index (χ2v) is 9.28. The number of hydrogen-bond acceptors (Lipinski definition) is 7. The molecule has 2 bridgehead atoms. The number of H-pyrrole nitrogens is 1. The summed E-state index contributed by atoms with van der Waals surface area (Å²) in [5, 5.41) is 2.89. The van der Waals surface area contributed by atoms with Crippen LogP contribution in [0.15, 0.2) is 11.1 Å². The first-order valence-corrected chi connectivity index (χ1v) is 10.6. The molecule has 2 fully saturated rings. The Labute approximate surface area is 183 Å². The number of piperazine rings is 1. The van der Waals surface area contributed by atoms with Gasteiger partial charge >= 0.3 is 6.09 Å². The average Bonchev–Trinajstić information content (AvgIpc) is 2.97. The molecule has 0 saturated carbocycles. The van der Waals surface area contributed by atoms with Crippen LogP contribution < -0.4 is 15.6 Å². The Morgan fingerprint density at radius 3 is 2.84 bits per heavy atom. The second kappa shape index (κ2) is 7.90. The number of amides is 1. The monoisotopic (exact) mass is 453 g/mol. The molecular weight excluding hydrogens is 429 g/mol. The molecule has 9 nitrogen and oxygen atoms in total. The van der Waals surface area contributed by atoms with E-state index in [0.717, 1.165) is 19.2 Å². The van der Waals surface area contributed by atoms with Gasteiger partial charge in [-0.3, -0.25) is 9.69 Å². The topological polar surface area (TPSA) is 109 Å². The van der Waals surface area contributed by atoms with E-state index < -0.39 is 28.2 Å². The first kappa shape index (κ1) is 21.8. The van der Waals surface area contributed by atoms with Gasteiger partial charge in [0.05, 0.1) is 18.4 Å². The highest BCUT2D eigenvalue weighted by atomic mass is 35.5. The van der Waals surface area contributed by atoms with Crippen LogP contribution in [0.3, 0.4) is 0 Å². The van der Waals surface area contributed by atoms with Gasteiger partial charge in [-0.05, 0) is 40.5 Å². The van der Waals surface area contributed by atoms with Gasteiger partial charge in [0.1, 0.15) is 22.6 Å². The summed E-state index contributed by atoms with van der Waals surface area (Å²) in [6, 6.07) is -0.348. The van der Waals surface area contributed by atoms with E-state index in [0.29, 0.717) is 6.54 Å². The quantitative estimate of drug-likeness (QED) is 0.687. The summed E-state index contributed by atoms with van der Waals surface area (Å²) in [5.74, 6) is -0.984. The van der Waals surface area contributed by atoms with E-state index in [1.807, 2.05) is 20.8 Å². The Kier molecular flexibility index (Phi) is 5.55. The summed E-state index contributed by atoms with van der Waals surface area (Å²) in [6.45, 7) is 7.89. The van der Waals surface area contributed by atoms with Gasteiger partial charge < -0.3 is 19.8 Å². The number of nitrogens with one attached hydrogen (secondary N) is 2. The van der Waals surface area contributed by atoms with Gasteiger partial charge in [-0.2, -0.15) is 4.98 Å². The number of rotatable bonds is 3. The van der Waals surface area contributed by atoms with E-state index in [1.165, 1.54) is 0 Å². The fourth-order valence-electron chi connectivity index (χ4n) is 4.34. The lowest BCUT2D eigenvalue weighted by Crippen LogP contribution is -2.64. The van der Waals surface area contributed by atoms with Crippen LogP contribution in [0.5, 0.6) is 5.88 Å². The van der Waals surface area contributed by atoms with Gasteiger partial charge in [-0.25, -0.2) is 14.2 Å². The molecule has 0 aromatic carbocycles. The van der Waals surface area contributed by atoms with Gasteiger partial charge in [-0.1, -0.05) is 11.6 Å². The lowest BCUT2D eigenvalue weighted by atomic mass is 10.0. The zero-order chi connectivity index (χ0) is 22.5. The van der Waals surface area contributed by atoms with Crippen molar-refractivity contribution in [3.8, 4) is 5.88 Å². The van der Waals surface area contributed by atoms with Crippen LogP contribution in [0.2, 0.25) is 5.15 Å². The van der Waals surface area contributed by atoms with Crippen molar-refractivity contribution in [3.63, 3.8) is 0 Å². The predicted molar refractivity (Wildman–Crippen MR) is 112 cm³/mol. The third kappa shape index (κ3) is 4.06. The van der Waals surface area contributed by atoms with Crippen LogP contribution in [-0.2, 0) is 4.74 Å². The molecule has 0 radical (unpaired) electrons. The zero-order valence-electron chi connectivity index (χ0n) is 17.7. The predicted octanol–water partition coefficient (Wildman–Crippen LogP) is 2.62. The van der Waals surface area contributed by atoms with Crippen LogP contribution in [0.25, 0.3) is 10.9 Å². The first-order chi connectivity index (χ1) is 14.6. The van der Waals surface area contributed by atoms with Crippen molar-refractivity contribution in [1.82, 2.24) is 25.2 Å². The molecule has 2 saturated heterocycles. The summed E-state index contributed by atoms with van der Waals surface area (Å²) in [5.41, 5.74) is -1.39. The molecule has 168 valence electrons. The highest BCUT2D eigenvalue weighted by molar-refractivity contribution is 6.30. The Hall–Kier alpha value is -2.46. The molecule has 4 heterocycles. The summed E-state index contributed by atoms with van der Waals surface area (Å²) in [6.07, 6.45) is 1.87. The number of pyridine rings is 1. The maximum absolute atomic E-state index is 14.3. The largest absolute Gasteiger partial charge is 0.472 e. The third-order valence-electron chi connectivity index (χ3n) is 5.61. The van der Waals surface area contributed by atoms with Gasteiger partial charge in [0, 0.05) is 12.6 Å². The Morgan fingerprint density at radius 1 is 1.39 bits per heavy atom. The molecule has 2 aromatic heterocycles. The molecule has 0 unspecified atom stereocenters. The van der Waals surface area contributed by atoms with E-state index in [1.54, 1.807) is 11.8 Å². The van der Waals surface area contributed by atoms with Crippen molar-refractivity contribution < 1.29 is 18.7 Å². The maximum Gasteiger partial charge on any atom is 0.410 e. The molecule has 1 amide bonds. The molecular formula is C20H25ClFN5O4. The van der Waals surface area contributed by atoms with Crippen LogP contribution in [0.1, 0.15) is 40.5 Å². The normalized spacial score (nSPS) is 24.3. The number of aromatic amines is 1. The van der Waals surface area contributed by atoms with Crippen molar-refractivity contribution in [2.24, 2.45) is 0 Å². The molecule has 2 aromatic rings. The van der Waals surface area contributed by atoms with Crippen LogP contribution in [-0.4, -0.2) is 62.3 Å². The van der Waals surface area contributed by atoms with E-state index in [4.69, 9.17) is 21.1 Å². The number of hydrogen-bond donors (Lipinski definition) is 2. The first-order valence-electron chi connectivity index (χ1n) is 10.2. The van der Waals surface area contributed by atoms with Crippen molar-refractivity contribution in [3.05, 3.63) is 27.7 Å². The summed E-state index contributed by atoms with van der Waals surface area (Å²) in [7, 11) is 0. The maximum atomic E-state index is 14.3. The molecule has 4 atom stereocenters. The van der Waals surface area contributed by atoms with Gasteiger partial charge in [0.25, 0.3) is 5.56 Å². The third-order valence-corrected chi connectivity index (χ3v) is 5.86. The highest BCUT2D eigenvalue weighted by Crippen LogP contribution is 2.34. The number of ether oxygens (including phenoxy) is 2. The van der Waals surface area contributed by atoms with E-state index >= 15 is 0 Å². The SMILES string of the molecule is C[C@H](Oc1nc(Cl)c(F)c2nc[nH]c(=O)c12)[C@@H]1NC[C@@H]2CC[C@H]1N2C(=O)OC(C)(C)C. The molecule has 0 spiro atoms. The minimum absolute atomic E-state index is 0.0505. The minimum Gasteiger partial charge on any atom is -0.472 e. The van der Waals surface area contributed by atoms with Gasteiger partial charge in [-0.15, -0.1) is 0 Å². The highest BCUT2D eigenvalue weighted by Gasteiger charge is 2.48. The minimum atomic E-state index is -0.881. The van der Waals surface area contributed by atoms with Crippen molar-refractivity contribution in [2.75, 3.05) is 6.54 Å². The number of nitrogens with zero attached hydrogens (tertiary/aromatic N) is 3. The second-order valence-electron chi connectivity index (χ2n) is 8.92. The standard InChI is InChI=1S/C20H25ClFN5O4/c1-9(30-18-12-15(13(22)16(21)26-18)24-8-25-17(12)28)14-11-6-5-10(7-23-14)27(11)19(29)31-20(2,3)4/h8-11,14,23H,5-7H2,1-4H3,(H,24,25,28)/t9-,10-,11+,14-/m0/s1. The lowest BCUT2D eigenvalue weighted by molar-refractivity contribution is -0.00492. The van der Waals surface area contributed by atoms with Crippen molar-refractivity contribution >= 4 is 28.6 Å². The fraction of sp³-hybridized carbons (Fsp3) is 0.600. The Bertz CT molecular complexity index is 1070. The number of halogens is 2. The van der Waals surface area contributed by atoms with Crippen molar-refractivity contribution in [2.45, 2.75) is 70.4 Å². The summed E-state index contributed by atoms with van der Waals surface area (Å²) < 4.78 is 25.9. The number of fused-ring (bicyclic) bond motifs is 3. The van der Waals surface area contributed by atoms with Crippen LogP contribution in [0, 0.1) is 5.82 Å². The lowest BCUT2D eigenvalue weighted by Gasteiger charge is -2.42. The molecule has 2 aliphatic rings. The Balaban J connectivity index is 1.61. The molecule has 11 heteroatoms. The van der Waals surface area contributed by atoms with E-state index in [9.17, 15) is 14.0 Å². The number of carbonyl (C=O) groups excluding carboxylic acids is 1. The van der Waals surface area contributed by atoms with Gasteiger partial charge in [0.2, 0.25) is 5.88 Å². The number of carbonyl (C=O) groups is 1.